The normalized spacial score (nSPS) is 9.85. The van der Waals surface area contributed by atoms with Crippen LogP contribution in [0.2, 0.25) is 0 Å². The van der Waals surface area contributed by atoms with Gasteiger partial charge in [0, 0.05) is 22.4 Å². The summed E-state index contributed by atoms with van der Waals surface area (Å²) in [6.07, 6.45) is 7.23. The van der Waals surface area contributed by atoms with E-state index in [2.05, 4.69) is 192 Å². The zero-order valence-corrected chi connectivity index (χ0v) is 33.9. The van der Waals surface area contributed by atoms with Crippen molar-refractivity contribution < 1.29 is 32.3 Å². The molecule has 53 heavy (non-hydrogen) atoms. The van der Waals surface area contributed by atoms with E-state index in [-0.39, 0.29) is 22.4 Å². The van der Waals surface area contributed by atoms with Crippen molar-refractivity contribution in [2.75, 3.05) is 0 Å². The van der Waals surface area contributed by atoms with Gasteiger partial charge in [0.05, 0.1) is 0 Å². The molecule has 7 heteroatoms. The maximum absolute atomic E-state index is 4.79. The molecule has 267 valence electrons. The van der Waals surface area contributed by atoms with Gasteiger partial charge in [-0.1, -0.05) is 182 Å². The molecule has 0 aliphatic heterocycles. The summed E-state index contributed by atoms with van der Waals surface area (Å²) in [6.45, 7) is 0. The summed E-state index contributed by atoms with van der Waals surface area (Å²) in [6, 6.07) is 72.0. The minimum Gasteiger partial charge on any atom is -0.779 e. The minimum absolute atomic E-state index is 0. The Labute approximate surface area is 343 Å². The van der Waals surface area contributed by atoms with E-state index in [1.54, 1.807) is 0 Å². The van der Waals surface area contributed by atoms with Crippen molar-refractivity contribution in [3.05, 3.63) is 231 Å². The molecule has 0 spiro atoms. The molecule has 1 radical (unpaired) electrons. The molecule has 2 aromatic heterocycles. The van der Waals surface area contributed by atoms with Gasteiger partial charge in [-0.15, -0.1) is 0 Å². The summed E-state index contributed by atoms with van der Waals surface area (Å²) in [4.78, 5) is 7.48. The van der Waals surface area contributed by atoms with Crippen LogP contribution in [0.15, 0.2) is 241 Å². The van der Waals surface area contributed by atoms with Crippen LogP contribution in [-0.2, 0) is 47.6 Å². The van der Waals surface area contributed by atoms with Crippen molar-refractivity contribution in [2.24, 2.45) is 0 Å². The first kappa shape index (κ1) is 41.4. The Bertz CT molecular complexity index is 1740. The van der Waals surface area contributed by atoms with Crippen LogP contribution in [0.1, 0.15) is 0 Å². The Morgan fingerprint density at radius 3 is 0.566 bits per heavy atom. The maximum atomic E-state index is 4.79. The van der Waals surface area contributed by atoms with Gasteiger partial charge in [0.2, 0.25) is 0 Å². The summed E-state index contributed by atoms with van der Waals surface area (Å²) in [5, 5.41) is 8.39. The second-order valence-electron chi connectivity index (χ2n) is 11.2. The number of pyridine rings is 2. The molecule has 0 saturated carbocycles. The standard InChI is InChI=1S/2C18H15P.2C5H5NS.Ag/c2*1-4-10-16(11-5-1)19(17-12-6-2-7-13-17)18-14-8-3-9-15-18;2*7-5-1-3-6-4-2-5;/h2*1-15H;2*1-4H,(H,6,7);. The van der Waals surface area contributed by atoms with E-state index in [0.717, 1.165) is 9.79 Å². The predicted molar refractivity (Wildman–Crippen MR) is 228 cm³/mol. The summed E-state index contributed by atoms with van der Waals surface area (Å²) in [5.74, 6) is 0. The van der Waals surface area contributed by atoms with Gasteiger partial charge in [-0.3, -0.25) is 0 Å². The first-order valence-electron chi connectivity index (χ1n) is 16.9. The number of aromatic amines is 2. The molecule has 0 bridgehead atoms. The van der Waals surface area contributed by atoms with E-state index in [4.69, 9.17) is 25.3 Å². The smallest absolute Gasteiger partial charge is 0.165 e. The Morgan fingerprint density at radius 2 is 0.434 bits per heavy atom. The monoisotopic (exact) mass is 853 g/mol. The van der Waals surface area contributed by atoms with Gasteiger partial charge in [0.25, 0.3) is 0 Å². The third-order valence-electron chi connectivity index (χ3n) is 7.46. The third kappa shape index (κ3) is 14.2. The molecule has 0 aliphatic rings. The summed E-state index contributed by atoms with van der Waals surface area (Å²) in [5.41, 5.74) is 0. The molecule has 2 heterocycles. The molecular weight excluding hydrogens is 814 g/mol. The van der Waals surface area contributed by atoms with Crippen LogP contribution in [0.3, 0.4) is 0 Å². The van der Waals surface area contributed by atoms with E-state index in [0.29, 0.717) is 0 Å². The molecular formula is C46H40AgN2P2S2. The topological polar surface area (TPSA) is 28.3 Å². The quantitative estimate of drug-likeness (QED) is 0.0976. The van der Waals surface area contributed by atoms with Crippen LogP contribution >= 0.6 is 15.8 Å². The van der Waals surface area contributed by atoms with E-state index in [9.17, 15) is 0 Å². The Balaban J connectivity index is 0.000000172. The molecule has 0 fully saturated rings. The number of H-pyrrole nitrogens is 2. The largest absolute Gasteiger partial charge is 0.779 e. The van der Waals surface area contributed by atoms with Crippen molar-refractivity contribution >= 4 is 72.9 Å². The van der Waals surface area contributed by atoms with E-state index in [1.807, 2.05) is 49.1 Å². The average molecular weight is 855 g/mol. The average Bonchev–Trinajstić information content (AvgIpc) is 3.22. The third-order valence-corrected chi connectivity index (χ3v) is 12.9. The number of benzene rings is 6. The van der Waals surface area contributed by atoms with E-state index >= 15 is 0 Å². The number of rotatable bonds is 6. The Morgan fingerprint density at radius 1 is 0.264 bits per heavy atom. The number of hydrogen-bond acceptors (Lipinski definition) is 2. The molecule has 0 saturated heterocycles. The van der Waals surface area contributed by atoms with Gasteiger partial charge in [-0.2, -0.15) is 9.79 Å². The van der Waals surface area contributed by atoms with Crippen LogP contribution in [0.25, 0.3) is 0 Å². The summed E-state index contributed by atoms with van der Waals surface area (Å²) in [7, 11) is -0.892. The first-order chi connectivity index (χ1) is 25.7. The van der Waals surface area contributed by atoms with Crippen LogP contribution in [0, 0.1) is 0 Å². The number of hydrogen-bond donors (Lipinski definition) is 0. The Kier molecular flexibility index (Phi) is 18.8. The molecule has 0 atom stereocenters. The van der Waals surface area contributed by atoms with Gasteiger partial charge in [0.1, 0.15) is 0 Å². The SMILES string of the molecule is [Ag].[S-]c1cc[nH+]cc1.[S-]c1cc[nH+]cc1.c1ccc(P(c2ccccc2)c2ccccc2)cc1.c1ccc(P(c2ccccc2)c2ccccc2)cc1. The second-order valence-corrected chi connectivity index (χ2v) is 16.5. The van der Waals surface area contributed by atoms with Crippen LogP contribution in [0.4, 0.5) is 0 Å². The van der Waals surface area contributed by atoms with E-state index in [1.165, 1.54) is 31.8 Å². The Hall–Kier alpha value is -4.34. The molecule has 6 aromatic carbocycles. The fraction of sp³-hybridized carbons (Fsp3) is 0. The molecule has 0 unspecified atom stereocenters. The van der Waals surface area contributed by atoms with Crippen molar-refractivity contribution in [1.29, 1.82) is 0 Å². The van der Waals surface area contributed by atoms with Crippen molar-refractivity contribution in [3.8, 4) is 0 Å². The fourth-order valence-electron chi connectivity index (χ4n) is 5.10. The van der Waals surface area contributed by atoms with Crippen molar-refractivity contribution in [2.45, 2.75) is 9.79 Å². The van der Waals surface area contributed by atoms with Crippen molar-refractivity contribution in [3.63, 3.8) is 0 Å². The second kappa shape index (κ2) is 24.1. The van der Waals surface area contributed by atoms with Gasteiger partial charge in [-0.25, -0.2) is 9.97 Å². The molecule has 0 amide bonds. The molecule has 8 rings (SSSR count). The first-order valence-corrected chi connectivity index (χ1v) is 20.4. The van der Waals surface area contributed by atoms with Gasteiger partial charge in [0.15, 0.2) is 24.8 Å². The van der Waals surface area contributed by atoms with Crippen LogP contribution in [0.5, 0.6) is 0 Å². The molecule has 2 N–H and O–H groups in total. The zero-order chi connectivity index (χ0) is 36.1. The van der Waals surface area contributed by atoms with Gasteiger partial charge < -0.3 is 25.3 Å². The fourth-order valence-corrected chi connectivity index (χ4v) is 9.98. The number of nitrogens with one attached hydrogen (secondary N) is 2. The number of aromatic nitrogens is 2. The summed E-state index contributed by atoms with van der Waals surface area (Å²) >= 11 is 9.58. The van der Waals surface area contributed by atoms with Crippen molar-refractivity contribution in [1.82, 2.24) is 0 Å². The molecule has 8 aromatic rings. The van der Waals surface area contributed by atoms with Gasteiger partial charge in [-0.05, 0) is 71.9 Å². The predicted octanol–water partition coefficient (Wildman–Crippen LogP) is 7.70. The maximum Gasteiger partial charge on any atom is 0.165 e. The van der Waals surface area contributed by atoms with Crippen LogP contribution < -0.4 is 41.8 Å². The molecule has 0 aliphatic carbocycles. The van der Waals surface area contributed by atoms with E-state index < -0.39 is 15.8 Å². The van der Waals surface area contributed by atoms with Gasteiger partial charge >= 0.3 is 0 Å². The van der Waals surface area contributed by atoms with Crippen LogP contribution in [-0.4, -0.2) is 0 Å². The minimum atomic E-state index is -0.446. The molecule has 2 nitrogen and oxygen atoms in total. The summed E-state index contributed by atoms with van der Waals surface area (Å²) < 4.78 is 0. The zero-order valence-electron chi connectivity index (χ0n) is 29.0.